The molecule has 2 atom stereocenters. The second kappa shape index (κ2) is 5.66. The van der Waals surface area contributed by atoms with Gasteiger partial charge in [-0.25, -0.2) is 13.1 Å². The zero-order chi connectivity index (χ0) is 15.9. The highest BCUT2D eigenvalue weighted by Gasteiger charge is 2.43. The molecule has 7 nitrogen and oxygen atoms in total. The van der Waals surface area contributed by atoms with E-state index >= 15 is 0 Å². The first kappa shape index (κ1) is 15.5. The lowest BCUT2D eigenvalue weighted by Gasteiger charge is -2.28. The summed E-state index contributed by atoms with van der Waals surface area (Å²) in [5.74, 6) is 0.320. The lowest BCUT2D eigenvalue weighted by Crippen LogP contribution is -2.48. The molecular weight excluding hydrogens is 304 g/mol. The van der Waals surface area contributed by atoms with Gasteiger partial charge in [-0.05, 0) is 31.2 Å². The number of carbonyl (C=O) groups excluding carboxylic acids is 1. The SMILES string of the molecule is Cn1cc(C[C@H]2[C@H](NS(C)(=O)=O)CCN2C(=O)C2CC2)cn1. The number of carbonyl (C=O) groups is 1. The Morgan fingerprint density at radius 2 is 2.14 bits per heavy atom. The van der Waals surface area contributed by atoms with Gasteiger partial charge < -0.3 is 4.90 Å². The van der Waals surface area contributed by atoms with Crippen molar-refractivity contribution in [3.63, 3.8) is 0 Å². The summed E-state index contributed by atoms with van der Waals surface area (Å²) < 4.78 is 27.6. The summed E-state index contributed by atoms with van der Waals surface area (Å²) in [5, 5.41) is 4.15. The number of aryl methyl sites for hydroxylation is 1. The molecule has 1 N–H and O–H groups in total. The van der Waals surface area contributed by atoms with E-state index in [1.54, 1.807) is 10.9 Å². The third kappa shape index (κ3) is 3.49. The lowest BCUT2D eigenvalue weighted by molar-refractivity contribution is -0.133. The van der Waals surface area contributed by atoms with E-state index in [-0.39, 0.29) is 23.9 Å². The van der Waals surface area contributed by atoms with E-state index in [9.17, 15) is 13.2 Å². The molecule has 1 aliphatic carbocycles. The van der Waals surface area contributed by atoms with Gasteiger partial charge in [0.25, 0.3) is 0 Å². The average molecular weight is 326 g/mol. The van der Waals surface area contributed by atoms with Gasteiger partial charge >= 0.3 is 0 Å². The third-order valence-electron chi connectivity index (χ3n) is 4.32. The zero-order valence-electron chi connectivity index (χ0n) is 12.9. The molecule has 2 aliphatic rings. The molecule has 0 unspecified atom stereocenters. The minimum atomic E-state index is -3.29. The van der Waals surface area contributed by atoms with E-state index in [0.29, 0.717) is 19.4 Å². The van der Waals surface area contributed by atoms with E-state index in [4.69, 9.17) is 0 Å². The minimum Gasteiger partial charge on any atom is -0.337 e. The van der Waals surface area contributed by atoms with Crippen LogP contribution in [0.3, 0.4) is 0 Å². The van der Waals surface area contributed by atoms with Gasteiger partial charge in [0.05, 0.1) is 18.5 Å². The predicted octanol–water partition coefficient (Wildman–Crippen LogP) is -0.109. The topological polar surface area (TPSA) is 84.3 Å². The van der Waals surface area contributed by atoms with Gasteiger partial charge in [-0.2, -0.15) is 5.10 Å². The van der Waals surface area contributed by atoms with Crippen molar-refractivity contribution in [3.05, 3.63) is 18.0 Å². The van der Waals surface area contributed by atoms with Crippen LogP contribution in [0.25, 0.3) is 0 Å². The van der Waals surface area contributed by atoms with Crippen LogP contribution < -0.4 is 4.72 Å². The van der Waals surface area contributed by atoms with E-state index in [0.717, 1.165) is 18.4 Å². The summed E-state index contributed by atoms with van der Waals surface area (Å²) in [6.45, 7) is 0.619. The van der Waals surface area contributed by atoms with Gasteiger partial charge in [0.15, 0.2) is 0 Å². The normalized spacial score (nSPS) is 25.6. The van der Waals surface area contributed by atoms with Gasteiger partial charge in [0, 0.05) is 31.7 Å². The van der Waals surface area contributed by atoms with Gasteiger partial charge in [-0.1, -0.05) is 0 Å². The van der Waals surface area contributed by atoms with Gasteiger partial charge in [0.2, 0.25) is 15.9 Å². The molecule has 0 spiro atoms. The quantitative estimate of drug-likeness (QED) is 0.818. The van der Waals surface area contributed by atoms with Crippen molar-refractivity contribution in [2.45, 2.75) is 37.8 Å². The van der Waals surface area contributed by atoms with Crippen molar-refractivity contribution in [1.29, 1.82) is 0 Å². The molecule has 3 rings (SSSR count). The maximum Gasteiger partial charge on any atom is 0.225 e. The van der Waals surface area contributed by atoms with E-state index in [1.165, 1.54) is 6.26 Å². The van der Waals surface area contributed by atoms with Crippen LogP contribution >= 0.6 is 0 Å². The molecule has 0 bridgehead atoms. The third-order valence-corrected chi connectivity index (χ3v) is 5.06. The molecule has 22 heavy (non-hydrogen) atoms. The number of amides is 1. The molecule has 1 aromatic rings. The van der Waals surface area contributed by atoms with Crippen molar-refractivity contribution in [3.8, 4) is 0 Å². The maximum absolute atomic E-state index is 12.5. The Kier molecular flexibility index (Phi) is 3.98. The Balaban J connectivity index is 1.79. The molecule has 2 fully saturated rings. The molecule has 1 amide bonds. The maximum atomic E-state index is 12.5. The van der Waals surface area contributed by atoms with Crippen LogP contribution in [-0.4, -0.2) is 53.9 Å². The van der Waals surface area contributed by atoms with Gasteiger partial charge in [-0.15, -0.1) is 0 Å². The average Bonchev–Trinajstić information content (AvgIpc) is 3.09. The van der Waals surface area contributed by atoms with Crippen LogP contribution in [-0.2, 0) is 28.3 Å². The first-order chi connectivity index (χ1) is 10.3. The number of nitrogens with zero attached hydrogens (tertiary/aromatic N) is 3. The summed E-state index contributed by atoms with van der Waals surface area (Å²) in [7, 11) is -1.45. The number of likely N-dealkylation sites (tertiary alicyclic amines) is 1. The highest BCUT2D eigenvalue weighted by atomic mass is 32.2. The Hall–Kier alpha value is -1.41. The van der Waals surface area contributed by atoms with Crippen molar-refractivity contribution >= 4 is 15.9 Å². The second-order valence-electron chi connectivity index (χ2n) is 6.38. The smallest absolute Gasteiger partial charge is 0.225 e. The molecule has 1 aliphatic heterocycles. The van der Waals surface area contributed by atoms with Crippen LogP contribution in [0.5, 0.6) is 0 Å². The number of hydrogen-bond acceptors (Lipinski definition) is 4. The highest BCUT2D eigenvalue weighted by Crippen LogP contribution is 2.34. The monoisotopic (exact) mass is 326 g/mol. The van der Waals surface area contributed by atoms with Crippen LogP contribution in [0.1, 0.15) is 24.8 Å². The zero-order valence-corrected chi connectivity index (χ0v) is 13.7. The molecule has 1 saturated heterocycles. The fraction of sp³-hybridized carbons (Fsp3) is 0.714. The first-order valence-corrected chi connectivity index (χ1v) is 9.48. The summed E-state index contributed by atoms with van der Waals surface area (Å²) in [5.41, 5.74) is 1.02. The molecule has 1 aromatic heterocycles. The summed E-state index contributed by atoms with van der Waals surface area (Å²) >= 11 is 0. The molecule has 0 radical (unpaired) electrons. The van der Waals surface area contributed by atoms with Crippen LogP contribution in [0.2, 0.25) is 0 Å². The number of hydrogen-bond donors (Lipinski definition) is 1. The van der Waals surface area contributed by atoms with Gasteiger partial charge in [0.1, 0.15) is 0 Å². The second-order valence-corrected chi connectivity index (χ2v) is 8.16. The van der Waals surface area contributed by atoms with E-state index in [1.807, 2.05) is 18.1 Å². The molecule has 2 heterocycles. The van der Waals surface area contributed by atoms with Crippen LogP contribution in [0, 0.1) is 5.92 Å². The molecule has 8 heteroatoms. The van der Waals surface area contributed by atoms with E-state index in [2.05, 4.69) is 9.82 Å². The van der Waals surface area contributed by atoms with Crippen molar-refractivity contribution < 1.29 is 13.2 Å². The summed E-state index contributed by atoms with van der Waals surface area (Å²) in [6.07, 6.45) is 8.05. The number of sulfonamides is 1. The standard InChI is InChI=1S/C14H22N4O3S/c1-17-9-10(8-15-17)7-13-12(16-22(2,20)21)5-6-18(13)14(19)11-3-4-11/h8-9,11-13,16H,3-7H2,1-2H3/t12-,13+/m1/s1. The predicted molar refractivity (Wildman–Crippen MR) is 81.5 cm³/mol. The van der Waals surface area contributed by atoms with Crippen molar-refractivity contribution in [2.24, 2.45) is 13.0 Å². The van der Waals surface area contributed by atoms with E-state index < -0.39 is 10.0 Å². The van der Waals surface area contributed by atoms with Crippen molar-refractivity contribution in [1.82, 2.24) is 19.4 Å². The van der Waals surface area contributed by atoms with Gasteiger partial charge in [-0.3, -0.25) is 9.48 Å². The number of aromatic nitrogens is 2. The first-order valence-electron chi connectivity index (χ1n) is 7.59. The summed E-state index contributed by atoms with van der Waals surface area (Å²) in [6, 6.07) is -0.357. The fourth-order valence-electron chi connectivity index (χ4n) is 3.18. The fourth-order valence-corrected chi connectivity index (χ4v) is 4.00. The molecule has 0 aromatic carbocycles. The molecular formula is C14H22N4O3S. The Morgan fingerprint density at radius 1 is 1.41 bits per heavy atom. The minimum absolute atomic E-state index is 0.132. The highest BCUT2D eigenvalue weighted by molar-refractivity contribution is 7.88. The largest absolute Gasteiger partial charge is 0.337 e. The Morgan fingerprint density at radius 3 is 2.68 bits per heavy atom. The van der Waals surface area contributed by atoms with Crippen LogP contribution in [0.4, 0.5) is 0 Å². The lowest BCUT2D eigenvalue weighted by atomic mass is 10.0. The molecule has 1 saturated carbocycles. The van der Waals surface area contributed by atoms with Crippen molar-refractivity contribution in [2.75, 3.05) is 12.8 Å². The van der Waals surface area contributed by atoms with Crippen LogP contribution in [0.15, 0.2) is 12.4 Å². The Labute approximate surface area is 130 Å². The molecule has 122 valence electrons. The Bertz CT molecular complexity index is 665. The number of rotatable bonds is 5. The summed E-state index contributed by atoms with van der Waals surface area (Å²) in [4.78, 5) is 14.3. The number of nitrogens with one attached hydrogen (secondary N) is 1.